The highest BCUT2D eigenvalue weighted by atomic mass is 79.9. The Balaban J connectivity index is 1.77. The fourth-order valence-electron chi connectivity index (χ4n) is 2.06. The van der Waals surface area contributed by atoms with E-state index >= 15 is 0 Å². The van der Waals surface area contributed by atoms with Gasteiger partial charge in [-0.05, 0) is 18.2 Å². The van der Waals surface area contributed by atoms with Crippen molar-refractivity contribution < 1.29 is 13.7 Å². The fraction of sp³-hybridized carbons (Fsp3) is 0.385. The summed E-state index contributed by atoms with van der Waals surface area (Å²) in [5.74, 6) is 0.523. The molecule has 1 aromatic carbocycles. The summed E-state index contributed by atoms with van der Waals surface area (Å²) in [6, 6.07) is 4.36. The van der Waals surface area contributed by atoms with Crippen LogP contribution >= 0.6 is 15.9 Å². The van der Waals surface area contributed by atoms with Crippen molar-refractivity contribution in [2.75, 3.05) is 19.7 Å². The smallest absolute Gasteiger partial charge is 0.229 e. The van der Waals surface area contributed by atoms with Gasteiger partial charge in [0.1, 0.15) is 5.82 Å². The van der Waals surface area contributed by atoms with Crippen LogP contribution in [0.25, 0.3) is 11.4 Å². The number of hydrogen-bond acceptors (Lipinski definition) is 5. The Morgan fingerprint density at radius 2 is 2.35 bits per heavy atom. The van der Waals surface area contributed by atoms with Crippen LogP contribution in [0.3, 0.4) is 0 Å². The van der Waals surface area contributed by atoms with Gasteiger partial charge in [0.25, 0.3) is 0 Å². The van der Waals surface area contributed by atoms with Crippen molar-refractivity contribution >= 4 is 15.9 Å². The molecule has 2 aromatic rings. The maximum absolute atomic E-state index is 13.3. The van der Waals surface area contributed by atoms with Gasteiger partial charge in [-0.3, -0.25) is 0 Å². The predicted molar refractivity (Wildman–Crippen MR) is 73.7 cm³/mol. The number of ether oxygens (including phenoxy) is 1. The number of aromatic nitrogens is 2. The molecule has 20 heavy (non-hydrogen) atoms. The maximum Gasteiger partial charge on any atom is 0.229 e. The van der Waals surface area contributed by atoms with Gasteiger partial charge < -0.3 is 14.6 Å². The van der Waals surface area contributed by atoms with Crippen LogP contribution < -0.4 is 5.32 Å². The molecule has 1 N–H and O–H groups in total. The summed E-state index contributed by atoms with van der Waals surface area (Å²) in [5.41, 5.74) is 0.572. The van der Waals surface area contributed by atoms with E-state index in [4.69, 9.17) is 9.26 Å². The average Bonchev–Trinajstić information content (AvgIpc) is 2.91. The number of halogens is 2. The molecule has 1 aliphatic heterocycles. The normalized spacial score (nSPS) is 19.2. The van der Waals surface area contributed by atoms with E-state index in [2.05, 4.69) is 31.4 Å². The number of morpholine rings is 1. The monoisotopic (exact) mass is 341 g/mol. The lowest BCUT2D eigenvalue weighted by Gasteiger charge is -2.21. The third kappa shape index (κ3) is 3.05. The predicted octanol–water partition coefficient (Wildman–Crippen LogP) is 2.17. The van der Waals surface area contributed by atoms with E-state index in [0.717, 1.165) is 17.6 Å². The highest BCUT2D eigenvalue weighted by Crippen LogP contribution is 2.27. The quantitative estimate of drug-likeness (QED) is 0.926. The second-order valence-corrected chi connectivity index (χ2v) is 5.39. The van der Waals surface area contributed by atoms with Crippen molar-refractivity contribution in [3.8, 4) is 11.4 Å². The Bertz CT molecular complexity index is 599. The first-order valence-corrected chi connectivity index (χ1v) is 7.12. The van der Waals surface area contributed by atoms with Crippen LogP contribution in [-0.2, 0) is 11.2 Å². The van der Waals surface area contributed by atoms with Crippen molar-refractivity contribution in [1.29, 1.82) is 0 Å². The molecule has 0 amide bonds. The SMILES string of the molecule is Fc1ccc(Br)c(-c2noc(CC3CNCCO3)n2)c1. The van der Waals surface area contributed by atoms with Gasteiger partial charge in [0.05, 0.1) is 19.1 Å². The maximum atomic E-state index is 13.3. The van der Waals surface area contributed by atoms with Crippen molar-refractivity contribution in [2.45, 2.75) is 12.5 Å². The third-order valence-electron chi connectivity index (χ3n) is 3.04. The van der Waals surface area contributed by atoms with E-state index in [1.165, 1.54) is 12.1 Å². The Kier molecular flexibility index (Phi) is 4.09. The first-order valence-electron chi connectivity index (χ1n) is 6.33. The van der Waals surface area contributed by atoms with Crippen LogP contribution in [0.1, 0.15) is 5.89 Å². The van der Waals surface area contributed by atoms with E-state index in [9.17, 15) is 4.39 Å². The van der Waals surface area contributed by atoms with Crippen LogP contribution in [0, 0.1) is 5.82 Å². The Labute approximate surface area is 123 Å². The lowest BCUT2D eigenvalue weighted by molar-refractivity contribution is 0.0246. The number of nitrogens with zero attached hydrogens (tertiary/aromatic N) is 2. The van der Waals surface area contributed by atoms with Gasteiger partial charge in [0.2, 0.25) is 11.7 Å². The molecule has 0 spiro atoms. The largest absolute Gasteiger partial charge is 0.375 e. The highest BCUT2D eigenvalue weighted by Gasteiger charge is 2.19. The molecule has 1 fully saturated rings. The van der Waals surface area contributed by atoms with E-state index < -0.39 is 0 Å². The molecule has 0 saturated carbocycles. The second-order valence-electron chi connectivity index (χ2n) is 4.54. The van der Waals surface area contributed by atoms with Crippen LogP contribution in [0.5, 0.6) is 0 Å². The minimum atomic E-state index is -0.339. The standard InChI is InChI=1S/C13H13BrFN3O2/c14-11-2-1-8(15)5-10(11)13-17-12(20-18-13)6-9-7-16-3-4-19-9/h1-2,5,9,16H,3-4,6-7H2. The van der Waals surface area contributed by atoms with Crippen molar-refractivity contribution in [2.24, 2.45) is 0 Å². The minimum absolute atomic E-state index is 0.0352. The third-order valence-corrected chi connectivity index (χ3v) is 3.74. The first-order chi connectivity index (χ1) is 9.72. The molecule has 1 aromatic heterocycles. The summed E-state index contributed by atoms with van der Waals surface area (Å²) in [6.07, 6.45) is 0.584. The molecule has 2 heterocycles. The van der Waals surface area contributed by atoms with Gasteiger partial charge in [-0.15, -0.1) is 0 Å². The molecule has 1 saturated heterocycles. The molecule has 7 heteroatoms. The molecule has 1 atom stereocenters. The minimum Gasteiger partial charge on any atom is -0.375 e. The second kappa shape index (κ2) is 5.99. The summed E-state index contributed by atoms with van der Waals surface area (Å²) >= 11 is 3.35. The number of rotatable bonds is 3. The molecule has 1 aliphatic rings. The van der Waals surface area contributed by atoms with Crippen LogP contribution in [-0.4, -0.2) is 35.9 Å². The van der Waals surface area contributed by atoms with Gasteiger partial charge in [-0.2, -0.15) is 4.98 Å². The highest BCUT2D eigenvalue weighted by molar-refractivity contribution is 9.10. The molecule has 0 aliphatic carbocycles. The first kappa shape index (κ1) is 13.7. The number of hydrogen-bond donors (Lipinski definition) is 1. The van der Waals surface area contributed by atoms with Crippen molar-refractivity contribution in [3.63, 3.8) is 0 Å². The Morgan fingerprint density at radius 1 is 1.45 bits per heavy atom. The average molecular weight is 342 g/mol. The Hall–Kier alpha value is -1.31. The molecule has 5 nitrogen and oxygen atoms in total. The molecule has 0 radical (unpaired) electrons. The fourth-order valence-corrected chi connectivity index (χ4v) is 2.49. The molecule has 3 rings (SSSR count). The van der Waals surface area contributed by atoms with Crippen molar-refractivity contribution in [1.82, 2.24) is 15.5 Å². The number of benzene rings is 1. The lowest BCUT2D eigenvalue weighted by atomic mass is 10.2. The van der Waals surface area contributed by atoms with Gasteiger partial charge in [0.15, 0.2) is 0 Å². The zero-order valence-electron chi connectivity index (χ0n) is 10.6. The van der Waals surface area contributed by atoms with Gasteiger partial charge in [-0.1, -0.05) is 21.1 Å². The van der Waals surface area contributed by atoms with Crippen LogP contribution in [0.2, 0.25) is 0 Å². The van der Waals surface area contributed by atoms with Crippen LogP contribution in [0.15, 0.2) is 27.2 Å². The summed E-state index contributed by atoms with van der Waals surface area (Å²) in [5, 5.41) is 7.13. The van der Waals surface area contributed by atoms with Gasteiger partial charge >= 0.3 is 0 Å². The molecule has 0 bridgehead atoms. The van der Waals surface area contributed by atoms with Crippen molar-refractivity contribution in [3.05, 3.63) is 34.4 Å². The zero-order chi connectivity index (χ0) is 13.9. The van der Waals surface area contributed by atoms with E-state index in [1.54, 1.807) is 6.07 Å². The molecular formula is C13H13BrFN3O2. The number of nitrogens with one attached hydrogen (secondary N) is 1. The molecule has 1 unspecified atom stereocenters. The van der Waals surface area contributed by atoms with Gasteiger partial charge in [-0.25, -0.2) is 4.39 Å². The van der Waals surface area contributed by atoms with Gasteiger partial charge in [0, 0.05) is 23.1 Å². The summed E-state index contributed by atoms with van der Waals surface area (Å²) in [4.78, 5) is 4.29. The van der Waals surface area contributed by atoms with E-state index in [1.807, 2.05) is 0 Å². The molecular weight excluding hydrogens is 329 g/mol. The molecule has 106 valence electrons. The summed E-state index contributed by atoms with van der Waals surface area (Å²) in [7, 11) is 0. The lowest BCUT2D eigenvalue weighted by Crippen LogP contribution is -2.39. The summed E-state index contributed by atoms with van der Waals surface area (Å²) in [6.45, 7) is 2.31. The zero-order valence-corrected chi connectivity index (χ0v) is 12.2. The summed E-state index contributed by atoms with van der Waals surface area (Å²) < 4.78 is 24.8. The Morgan fingerprint density at radius 3 is 3.15 bits per heavy atom. The van der Waals surface area contributed by atoms with E-state index in [0.29, 0.717) is 30.3 Å². The topological polar surface area (TPSA) is 60.2 Å². The van der Waals surface area contributed by atoms with Crippen LogP contribution in [0.4, 0.5) is 4.39 Å². The van der Waals surface area contributed by atoms with E-state index in [-0.39, 0.29) is 11.9 Å².